The van der Waals surface area contributed by atoms with Gasteiger partial charge in [0.05, 0.1) is 5.56 Å². The van der Waals surface area contributed by atoms with Crippen LogP contribution in [-0.4, -0.2) is 11.1 Å². The van der Waals surface area contributed by atoms with Crippen LogP contribution in [0.5, 0.6) is 11.5 Å². The normalized spacial score (nSPS) is 10.3. The first-order chi connectivity index (χ1) is 11.1. The van der Waals surface area contributed by atoms with Crippen LogP contribution in [0.1, 0.15) is 15.9 Å². The lowest BCUT2D eigenvalue weighted by molar-refractivity contribution is 0.0735. The van der Waals surface area contributed by atoms with Crippen LogP contribution in [0.15, 0.2) is 72.8 Å². The quantitative estimate of drug-likeness (QED) is 0.569. The molecule has 0 saturated heterocycles. The number of phenolic OH excluding ortho intramolecular Hbond substituents is 1. The Morgan fingerprint density at radius 3 is 1.87 bits per heavy atom. The Balaban J connectivity index is 1.73. The van der Waals surface area contributed by atoms with E-state index in [0.29, 0.717) is 11.3 Å². The van der Waals surface area contributed by atoms with Crippen molar-refractivity contribution >= 4 is 5.97 Å². The maximum Gasteiger partial charge on any atom is 0.343 e. The summed E-state index contributed by atoms with van der Waals surface area (Å²) in [6, 6.07) is 21.6. The van der Waals surface area contributed by atoms with E-state index in [1.807, 2.05) is 12.1 Å². The molecule has 0 heterocycles. The Bertz CT molecular complexity index is 801. The van der Waals surface area contributed by atoms with Crippen molar-refractivity contribution in [3.63, 3.8) is 0 Å². The van der Waals surface area contributed by atoms with Gasteiger partial charge in [0.2, 0.25) is 0 Å². The fourth-order valence-electron chi connectivity index (χ4n) is 2.22. The number of benzene rings is 3. The van der Waals surface area contributed by atoms with Gasteiger partial charge in [-0.1, -0.05) is 42.0 Å². The minimum absolute atomic E-state index is 0.115. The van der Waals surface area contributed by atoms with Crippen molar-refractivity contribution in [3.8, 4) is 22.6 Å². The highest BCUT2D eigenvalue weighted by Crippen LogP contribution is 2.23. The van der Waals surface area contributed by atoms with Crippen molar-refractivity contribution in [1.29, 1.82) is 0 Å². The van der Waals surface area contributed by atoms with Crippen LogP contribution < -0.4 is 4.74 Å². The highest BCUT2D eigenvalue weighted by atomic mass is 16.5. The molecule has 0 aliphatic heterocycles. The largest absolute Gasteiger partial charge is 0.508 e. The summed E-state index contributed by atoms with van der Waals surface area (Å²) in [5.74, 6) is 0.149. The third-order valence-electron chi connectivity index (χ3n) is 3.55. The first kappa shape index (κ1) is 14.9. The zero-order valence-electron chi connectivity index (χ0n) is 12.7. The first-order valence-corrected chi connectivity index (χ1v) is 7.30. The number of aromatic hydroxyl groups is 1. The van der Waals surface area contributed by atoms with Crippen LogP contribution in [0.3, 0.4) is 0 Å². The SMILES string of the molecule is Cc1ccc(-c2ccc(OC(=O)c3ccc(O)cc3)cc2)cc1. The molecular formula is C20H16O3. The Kier molecular flexibility index (Phi) is 4.11. The number of esters is 1. The summed E-state index contributed by atoms with van der Waals surface area (Å²) in [5, 5.41) is 9.23. The summed E-state index contributed by atoms with van der Waals surface area (Å²) >= 11 is 0. The zero-order valence-corrected chi connectivity index (χ0v) is 12.7. The highest BCUT2D eigenvalue weighted by Gasteiger charge is 2.08. The average Bonchev–Trinajstić information content (AvgIpc) is 2.57. The zero-order chi connectivity index (χ0) is 16.2. The van der Waals surface area contributed by atoms with Crippen molar-refractivity contribution in [2.75, 3.05) is 0 Å². The van der Waals surface area contributed by atoms with E-state index >= 15 is 0 Å². The topological polar surface area (TPSA) is 46.5 Å². The first-order valence-electron chi connectivity index (χ1n) is 7.30. The molecule has 0 amide bonds. The van der Waals surface area contributed by atoms with Crippen molar-refractivity contribution in [3.05, 3.63) is 83.9 Å². The number of hydrogen-bond donors (Lipinski definition) is 1. The lowest BCUT2D eigenvalue weighted by Crippen LogP contribution is -2.07. The summed E-state index contributed by atoms with van der Waals surface area (Å²) in [4.78, 5) is 12.0. The van der Waals surface area contributed by atoms with Gasteiger partial charge in [0.15, 0.2) is 0 Å². The van der Waals surface area contributed by atoms with Crippen LogP contribution in [0, 0.1) is 6.92 Å². The lowest BCUT2D eigenvalue weighted by atomic mass is 10.0. The third-order valence-corrected chi connectivity index (χ3v) is 3.55. The van der Waals surface area contributed by atoms with Crippen molar-refractivity contribution in [2.24, 2.45) is 0 Å². The molecule has 0 aliphatic rings. The van der Waals surface area contributed by atoms with Gasteiger partial charge in [-0.15, -0.1) is 0 Å². The van der Waals surface area contributed by atoms with Gasteiger partial charge in [-0.3, -0.25) is 0 Å². The molecule has 3 rings (SSSR count). The summed E-state index contributed by atoms with van der Waals surface area (Å²) in [6.07, 6.45) is 0. The molecule has 114 valence electrons. The lowest BCUT2D eigenvalue weighted by Gasteiger charge is -2.06. The van der Waals surface area contributed by atoms with Gasteiger partial charge in [-0.25, -0.2) is 4.79 Å². The van der Waals surface area contributed by atoms with E-state index in [9.17, 15) is 9.90 Å². The van der Waals surface area contributed by atoms with Crippen LogP contribution in [0.25, 0.3) is 11.1 Å². The molecule has 23 heavy (non-hydrogen) atoms. The van der Waals surface area contributed by atoms with Gasteiger partial charge >= 0.3 is 5.97 Å². The van der Waals surface area contributed by atoms with E-state index in [2.05, 4.69) is 31.2 Å². The van der Waals surface area contributed by atoms with Crippen LogP contribution in [0.2, 0.25) is 0 Å². The van der Waals surface area contributed by atoms with Gasteiger partial charge in [-0.2, -0.15) is 0 Å². The molecule has 0 atom stereocenters. The van der Waals surface area contributed by atoms with E-state index < -0.39 is 5.97 Å². The predicted molar refractivity (Wildman–Crippen MR) is 89.7 cm³/mol. The molecule has 0 saturated carbocycles. The molecule has 0 radical (unpaired) electrons. The maximum absolute atomic E-state index is 12.0. The Morgan fingerprint density at radius 2 is 1.30 bits per heavy atom. The molecule has 3 aromatic rings. The van der Waals surface area contributed by atoms with Crippen molar-refractivity contribution in [2.45, 2.75) is 6.92 Å². The van der Waals surface area contributed by atoms with Crippen LogP contribution in [0.4, 0.5) is 0 Å². The minimum Gasteiger partial charge on any atom is -0.508 e. The predicted octanol–water partition coefficient (Wildman–Crippen LogP) is 4.59. The number of rotatable bonds is 3. The standard InChI is InChI=1S/C20H16O3/c1-14-2-4-15(5-3-14)16-8-12-19(13-9-16)23-20(22)17-6-10-18(21)11-7-17/h2-13,21H,1H3. The number of carbonyl (C=O) groups excluding carboxylic acids is 1. The number of aryl methyl sites for hydroxylation is 1. The molecule has 3 heteroatoms. The maximum atomic E-state index is 12.0. The van der Waals surface area contributed by atoms with E-state index in [1.165, 1.54) is 29.8 Å². The number of phenols is 1. The fraction of sp³-hybridized carbons (Fsp3) is 0.0500. The Labute approximate surface area is 134 Å². The summed E-state index contributed by atoms with van der Waals surface area (Å²) < 4.78 is 5.33. The second-order valence-corrected chi connectivity index (χ2v) is 5.33. The molecule has 1 N–H and O–H groups in total. The Morgan fingerprint density at radius 1 is 0.783 bits per heavy atom. The second kappa shape index (κ2) is 6.36. The summed E-state index contributed by atoms with van der Waals surface area (Å²) in [5.41, 5.74) is 3.79. The number of hydrogen-bond acceptors (Lipinski definition) is 3. The molecule has 0 aromatic heterocycles. The third kappa shape index (κ3) is 3.58. The van der Waals surface area contributed by atoms with Crippen molar-refractivity contribution in [1.82, 2.24) is 0 Å². The summed E-state index contributed by atoms with van der Waals surface area (Å²) in [6.45, 7) is 2.05. The second-order valence-electron chi connectivity index (χ2n) is 5.33. The highest BCUT2D eigenvalue weighted by molar-refractivity contribution is 5.91. The van der Waals surface area contributed by atoms with E-state index in [0.717, 1.165) is 11.1 Å². The molecule has 3 aromatic carbocycles. The van der Waals surface area contributed by atoms with E-state index in [-0.39, 0.29) is 5.75 Å². The van der Waals surface area contributed by atoms with E-state index in [4.69, 9.17) is 4.74 Å². The van der Waals surface area contributed by atoms with Crippen LogP contribution in [-0.2, 0) is 0 Å². The van der Waals surface area contributed by atoms with Gasteiger partial charge in [0.1, 0.15) is 11.5 Å². The molecular weight excluding hydrogens is 288 g/mol. The molecule has 3 nitrogen and oxygen atoms in total. The molecule has 0 spiro atoms. The molecule has 0 fully saturated rings. The Hall–Kier alpha value is -3.07. The average molecular weight is 304 g/mol. The minimum atomic E-state index is -0.451. The number of ether oxygens (including phenoxy) is 1. The molecule has 0 bridgehead atoms. The van der Waals surface area contributed by atoms with Gasteiger partial charge < -0.3 is 9.84 Å². The monoisotopic (exact) mass is 304 g/mol. The van der Waals surface area contributed by atoms with Gasteiger partial charge in [0.25, 0.3) is 0 Å². The smallest absolute Gasteiger partial charge is 0.343 e. The van der Waals surface area contributed by atoms with Crippen molar-refractivity contribution < 1.29 is 14.6 Å². The molecule has 0 unspecified atom stereocenters. The molecule has 0 aliphatic carbocycles. The van der Waals surface area contributed by atoms with E-state index in [1.54, 1.807) is 12.1 Å². The fourth-order valence-corrected chi connectivity index (χ4v) is 2.22. The van der Waals surface area contributed by atoms with Gasteiger partial charge in [-0.05, 0) is 54.4 Å². The van der Waals surface area contributed by atoms with Crippen LogP contribution >= 0.6 is 0 Å². The summed E-state index contributed by atoms with van der Waals surface area (Å²) in [7, 11) is 0. The number of carbonyl (C=O) groups is 1. The van der Waals surface area contributed by atoms with Gasteiger partial charge in [0, 0.05) is 0 Å².